The number of nitrogens with one attached hydrogen (secondary N) is 2. The molecule has 3 rings (SSSR count). The maximum absolute atomic E-state index is 12.3. The van der Waals surface area contributed by atoms with Gasteiger partial charge < -0.3 is 14.5 Å². The molecule has 1 amide bonds. The van der Waals surface area contributed by atoms with Gasteiger partial charge in [-0.1, -0.05) is 0 Å². The number of carbonyl (C=O) groups excluding carboxylic acids is 1. The Bertz CT molecular complexity index is 1100. The zero-order valence-electron chi connectivity index (χ0n) is 15.8. The summed E-state index contributed by atoms with van der Waals surface area (Å²) in [5.74, 6) is 0.336. The number of hydrogen-bond donors (Lipinski definition) is 2. The molecule has 0 aliphatic rings. The Hall–Kier alpha value is -2.43. The van der Waals surface area contributed by atoms with Gasteiger partial charge in [0.15, 0.2) is 0 Å². The van der Waals surface area contributed by atoms with Crippen molar-refractivity contribution in [3.8, 4) is 5.75 Å². The predicted octanol–water partition coefficient (Wildman–Crippen LogP) is 2.48. The van der Waals surface area contributed by atoms with Gasteiger partial charge in [0.05, 0.1) is 23.7 Å². The number of amides is 1. The number of fused-ring (bicyclic) bond motifs is 1. The van der Waals surface area contributed by atoms with Gasteiger partial charge in [0.2, 0.25) is 15.9 Å². The first-order chi connectivity index (χ1) is 13.9. The van der Waals surface area contributed by atoms with E-state index in [1.54, 1.807) is 12.1 Å². The quantitative estimate of drug-likeness (QED) is 0.489. The van der Waals surface area contributed by atoms with Gasteiger partial charge in [-0.15, -0.1) is 0 Å². The average Bonchev–Trinajstić information content (AvgIpc) is 3.09. The summed E-state index contributed by atoms with van der Waals surface area (Å²) in [6.07, 6.45) is 3.73. The molecule has 2 heterocycles. The van der Waals surface area contributed by atoms with Crippen molar-refractivity contribution in [3.63, 3.8) is 0 Å². The molecule has 0 fully saturated rings. The third-order valence-corrected chi connectivity index (χ3v) is 5.97. The van der Waals surface area contributed by atoms with Crippen molar-refractivity contribution in [3.05, 3.63) is 59.0 Å². The van der Waals surface area contributed by atoms with E-state index in [4.69, 9.17) is 4.74 Å². The molecule has 0 atom stereocenters. The lowest BCUT2D eigenvalue weighted by Crippen LogP contribution is -2.30. The summed E-state index contributed by atoms with van der Waals surface area (Å²) in [5.41, 5.74) is 1.49. The summed E-state index contributed by atoms with van der Waals surface area (Å²) >= 11 is 3.39. The van der Waals surface area contributed by atoms with Crippen LogP contribution in [0.1, 0.15) is 19.0 Å². The largest absolute Gasteiger partial charge is 0.494 e. The van der Waals surface area contributed by atoms with Gasteiger partial charge in [0, 0.05) is 29.8 Å². The van der Waals surface area contributed by atoms with Crippen LogP contribution in [-0.2, 0) is 21.4 Å². The SMILES string of the molecule is CCOc1ccc(S(=O)(=O)NCCC(=O)NCc2cn3cc(Br)ccc3n2)cc1. The van der Waals surface area contributed by atoms with Gasteiger partial charge in [0.25, 0.3) is 0 Å². The Morgan fingerprint density at radius 2 is 1.93 bits per heavy atom. The van der Waals surface area contributed by atoms with Crippen LogP contribution in [0.3, 0.4) is 0 Å². The Morgan fingerprint density at radius 3 is 2.66 bits per heavy atom. The Labute approximate surface area is 177 Å². The Morgan fingerprint density at radius 1 is 1.17 bits per heavy atom. The third kappa shape index (κ3) is 5.78. The highest BCUT2D eigenvalue weighted by atomic mass is 79.9. The number of hydrogen-bond acceptors (Lipinski definition) is 5. The van der Waals surface area contributed by atoms with Crippen molar-refractivity contribution in [2.75, 3.05) is 13.2 Å². The molecular weight excluding hydrogens is 460 g/mol. The number of imidazole rings is 1. The van der Waals surface area contributed by atoms with Crippen molar-refractivity contribution < 1.29 is 17.9 Å². The molecule has 1 aromatic carbocycles. The summed E-state index contributed by atoms with van der Waals surface area (Å²) < 4.78 is 35.1. The lowest BCUT2D eigenvalue weighted by atomic mass is 10.3. The van der Waals surface area contributed by atoms with Crippen molar-refractivity contribution >= 4 is 37.5 Å². The number of sulfonamides is 1. The van der Waals surface area contributed by atoms with Crippen LogP contribution >= 0.6 is 15.9 Å². The first-order valence-electron chi connectivity index (χ1n) is 9.00. The van der Waals surface area contributed by atoms with E-state index in [0.717, 1.165) is 10.1 Å². The number of aromatic nitrogens is 2. The van der Waals surface area contributed by atoms with E-state index in [9.17, 15) is 13.2 Å². The Balaban J connectivity index is 1.47. The fourth-order valence-electron chi connectivity index (χ4n) is 2.64. The maximum atomic E-state index is 12.3. The van der Waals surface area contributed by atoms with Crippen LogP contribution in [0.25, 0.3) is 5.65 Å². The third-order valence-electron chi connectivity index (χ3n) is 4.02. The molecule has 0 aliphatic heterocycles. The molecule has 8 nitrogen and oxygen atoms in total. The molecule has 0 saturated carbocycles. The summed E-state index contributed by atoms with van der Waals surface area (Å²) in [6.45, 7) is 2.63. The van der Waals surface area contributed by atoms with Crippen molar-refractivity contribution in [1.82, 2.24) is 19.4 Å². The lowest BCUT2D eigenvalue weighted by Gasteiger charge is -2.08. The second-order valence-electron chi connectivity index (χ2n) is 6.17. The number of carbonyl (C=O) groups is 1. The summed E-state index contributed by atoms with van der Waals surface area (Å²) in [5, 5.41) is 2.74. The molecule has 154 valence electrons. The molecule has 0 spiro atoms. The van der Waals surface area contributed by atoms with Crippen molar-refractivity contribution in [2.45, 2.75) is 24.8 Å². The van der Waals surface area contributed by atoms with E-state index in [2.05, 4.69) is 31.0 Å². The molecule has 29 heavy (non-hydrogen) atoms. The van der Waals surface area contributed by atoms with Crippen LogP contribution in [0, 0.1) is 0 Å². The van der Waals surface area contributed by atoms with Gasteiger partial charge in [-0.3, -0.25) is 4.79 Å². The summed E-state index contributed by atoms with van der Waals surface area (Å²) in [4.78, 5) is 16.6. The first-order valence-corrected chi connectivity index (χ1v) is 11.3. The van der Waals surface area contributed by atoms with Gasteiger partial charge in [-0.2, -0.15) is 0 Å². The van der Waals surface area contributed by atoms with Crippen LogP contribution in [0.15, 0.2) is 58.2 Å². The normalized spacial score (nSPS) is 11.5. The number of rotatable bonds is 9. The van der Waals surface area contributed by atoms with Crippen LogP contribution < -0.4 is 14.8 Å². The molecule has 0 unspecified atom stereocenters. The summed E-state index contributed by atoms with van der Waals surface area (Å²) in [7, 11) is -3.68. The predicted molar refractivity (Wildman–Crippen MR) is 112 cm³/mol. The molecular formula is C19H21BrN4O4S. The fraction of sp³-hybridized carbons (Fsp3) is 0.263. The zero-order chi connectivity index (χ0) is 20.9. The lowest BCUT2D eigenvalue weighted by molar-refractivity contribution is -0.121. The van der Waals surface area contributed by atoms with E-state index >= 15 is 0 Å². The topological polar surface area (TPSA) is 102 Å². The standard InChI is InChI=1S/C19H21BrN4O4S/c1-2-28-16-4-6-17(7-5-16)29(26,27)22-10-9-19(25)21-11-15-13-24-12-14(20)3-8-18(24)23-15/h3-8,12-13,22H,2,9-11H2,1H3,(H,21,25). The van der Waals surface area contributed by atoms with Crippen LogP contribution in [0.2, 0.25) is 0 Å². The van der Waals surface area contributed by atoms with Crippen LogP contribution in [0.4, 0.5) is 0 Å². The van der Waals surface area contributed by atoms with E-state index in [-0.39, 0.29) is 30.3 Å². The van der Waals surface area contributed by atoms with Gasteiger partial charge in [0.1, 0.15) is 11.4 Å². The molecule has 2 N–H and O–H groups in total. The summed E-state index contributed by atoms with van der Waals surface area (Å²) in [6, 6.07) is 9.88. The van der Waals surface area contributed by atoms with E-state index in [1.807, 2.05) is 35.9 Å². The highest BCUT2D eigenvalue weighted by Crippen LogP contribution is 2.16. The number of benzene rings is 1. The van der Waals surface area contributed by atoms with Gasteiger partial charge >= 0.3 is 0 Å². The highest BCUT2D eigenvalue weighted by molar-refractivity contribution is 9.10. The molecule has 3 aromatic rings. The zero-order valence-corrected chi connectivity index (χ0v) is 18.2. The number of pyridine rings is 1. The maximum Gasteiger partial charge on any atom is 0.240 e. The van der Waals surface area contributed by atoms with Crippen LogP contribution in [-0.4, -0.2) is 36.9 Å². The van der Waals surface area contributed by atoms with Crippen molar-refractivity contribution in [1.29, 1.82) is 0 Å². The first kappa shape index (κ1) is 21.3. The molecule has 0 aliphatic carbocycles. The monoisotopic (exact) mass is 480 g/mol. The molecule has 0 saturated heterocycles. The fourth-order valence-corrected chi connectivity index (χ4v) is 4.03. The molecule has 2 aromatic heterocycles. The van der Waals surface area contributed by atoms with E-state index in [0.29, 0.717) is 18.1 Å². The van der Waals surface area contributed by atoms with E-state index in [1.165, 1.54) is 12.1 Å². The molecule has 0 bridgehead atoms. The second kappa shape index (κ2) is 9.38. The minimum absolute atomic E-state index is 0.000505. The van der Waals surface area contributed by atoms with Crippen LogP contribution in [0.5, 0.6) is 5.75 Å². The minimum Gasteiger partial charge on any atom is -0.494 e. The minimum atomic E-state index is -3.68. The number of nitrogens with zero attached hydrogens (tertiary/aromatic N) is 2. The van der Waals surface area contributed by atoms with E-state index < -0.39 is 10.0 Å². The van der Waals surface area contributed by atoms with Gasteiger partial charge in [-0.05, 0) is 59.3 Å². The number of ether oxygens (including phenoxy) is 1. The van der Waals surface area contributed by atoms with Gasteiger partial charge in [-0.25, -0.2) is 18.1 Å². The Kier molecular flexibility index (Phi) is 6.88. The average molecular weight is 481 g/mol. The second-order valence-corrected chi connectivity index (χ2v) is 8.86. The molecule has 10 heteroatoms. The highest BCUT2D eigenvalue weighted by Gasteiger charge is 2.14. The van der Waals surface area contributed by atoms with Crippen molar-refractivity contribution in [2.24, 2.45) is 0 Å². The number of halogens is 1. The molecule has 0 radical (unpaired) electrons. The smallest absolute Gasteiger partial charge is 0.240 e.